The van der Waals surface area contributed by atoms with Gasteiger partial charge < -0.3 is 9.15 Å². The standard InChI is InChI=1S/C20H16O3/c21-20(13-12-18-10-6-14-22-18)23-19-11-5-4-9-17(19)15-16-7-2-1-3-8-16/h1-14H,15H2. The van der Waals surface area contributed by atoms with Gasteiger partial charge >= 0.3 is 5.97 Å². The van der Waals surface area contributed by atoms with Crippen LogP contribution in [0, 0.1) is 0 Å². The lowest BCUT2D eigenvalue weighted by Gasteiger charge is -2.08. The Morgan fingerprint density at radius 2 is 1.74 bits per heavy atom. The molecule has 0 bridgehead atoms. The third-order valence-electron chi connectivity index (χ3n) is 3.35. The van der Waals surface area contributed by atoms with E-state index in [1.54, 1.807) is 30.5 Å². The number of hydrogen-bond donors (Lipinski definition) is 0. The van der Waals surface area contributed by atoms with E-state index in [-0.39, 0.29) is 0 Å². The molecule has 0 spiro atoms. The zero-order valence-corrected chi connectivity index (χ0v) is 12.5. The molecule has 0 N–H and O–H groups in total. The Morgan fingerprint density at radius 3 is 2.52 bits per heavy atom. The summed E-state index contributed by atoms with van der Waals surface area (Å²) in [6.45, 7) is 0. The Morgan fingerprint density at radius 1 is 0.957 bits per heavy atom. The number of ether oxygens (including phenoxy) is 1. The molecule has 3 heteroatoms. The second kappa shape index (κ2) is 7.27. The second-order valence-corrected chi connectivity index (χ2v) is 5.04. The number of carbonyl (C=O) groups excluding carboxylic acids is 1. The summed E-state index contributed by atoms with van der Waals surface area (Å²) in [6, 6.07) is 21.2. The molecule has 114 valence electrons. The first-order chi connectivity index (χ1) is 11.3. The fourth-order valence-corrected chi connectivity index (χ4v) is 2.24. The van der Waals surface area contributed by atoms with Crippen LogP contribution in [0.1, 0.15) is 16.9 Å². The van der Waals surface area contributed by atoms with E-state index < -0.39 is 5.97 Å². The van der Waals surface area contributed by atoms with E-state index >= 15 is 0 Å². The molecule has 3 rings (SSSR count). The van der Waals surface area contributed by atoms with E-state index in [4.69, 9.17) is 9.15 Å². The highest BCUT2D eigenvalue weighted by molar-refractivity contribution is 5.88. The van der Waals surface area contributed by atoms with Crippen molar-refractivity contribution in [3.8, 4) is 5.75 Å². The summed E-state index contributed by atoms with van der Waals surface area (Å²) in [5, 5.41) is 0. The van der Waals surface area contributed by atoms with Gasteiger partial charge in [-0.25, -0.2) is 4.79 Å². The average molecular weight is 304 g/mol. The summed E-state index contributed by atoms with van der Waals surface area (Å²) < 4.78 is 10.6. The fraction of sp³-hybridized carbons (Fsp3) is 0.0500. The molecule has 0 radical (unpaired) electrons. The Hall–Kier alpha value is -3.07. The van der Waals surface area contributed by atoms with E-state index in [2.05, 4.69) is 12.1 Å². The molecule has 0 amide bonds. The molecule has 0 saturated heterocycles. The predicted octanol–water partition coefficient (Wildman–Crippen LogP) is 4.49. The summed E-state index contributed by atoms with van der Waals surface area (Å²) in [6.07, 6.45) is 5.21. The summed E-state index contributed by atoms with van der Waals surface area (Å²) in [5.74, 6) is 0.756. The highest BCUT2D eigenvalue weighted by Gasteiger charge is 2.07. The van der Waals surface area contributed by atoms with Gasteiger partial charge in [-0.15, -0.1) is 0 Å². The van der Waals surface area contributed by atoms with E-state index in [9.17, 15) is 4.79 Å². The van der Waals surface area contributed by atoms with Gasteiger partial charge in [0.2, 0.25) is 0 Å². The predicted molar refractivity (Wildman–Crippen MR) is 89.1 cm³/mol. The van der Waals surface area contributed by atoms with Crippen LogP contribution in [0.3, 0.4) is 0 Å². The Kier molecular flexibility index (Phi) is 4.69. The molecule has 3 nitrogen and oxygen atoms in total. The Bertz CT molecular complexity index is 787. The van der Waals surface area contributed by atoms with Crippen LogP contribution in [-0.2, 0) is 11.2 Å². The molecule has 0 fully saturated rings. The molecule has 0 aliphatic carbocycles. The van der Waals surface area contributed by atoms with Crippen molar-refractivity contribution in [1.82, 2.24) is 0 Å². The van der Waals surface area contributed by atoms with Crippen LogP contribution < -0.4 is 4.74 Å². The number of furan rings is 1. The van der Waals surface area contributed by atoms with Crippen LogP contribution in [0.4, 0.5) is 0 Å². The quantitative estimate of drug-likeness (QED) is 0.396. The second-order valence-electron chi connectivity index (χ2n) is 5.04. The molecule has 0 aliphatic heterocycles. The van der Waals surface area contributed by atoms with Crippen molar-refractivity contribution in [1.29, 1.82) is 0 Å². The smallest absolute Gasteiger partial charge is 0.336 e. The van der Waals surface area contributed by atoms with E-state index in [1.807, 2.05) is 36.4 Å². The first-order valence-corrected chi connectivity index (χ1v) is 7.36. The van der Waals surface area contributed by atoms with Gasteiger partial charge in [-0.2, -0.15) is 0 Å². The topological polar surface area (TPSA) is 39.4 Å². The van der Waals surface area contributed by atoms with Gasteiger partial charge in [0.1, 0.15) is 11.5 Å². The van der Waals surface area contributed by atoms with E-state index in [1.165, 1.54) is 11.6 Å². The summed E-state index contributed by atoms with van der Waals surface area (Å²) in [7, 11) is 0. The first kappa shape index (κ1) is 14.9. The molecule has 2 aromatic carbocycles. The van der Waals surface area contributed by atoms with Crippen molar-refractivity contribution in [2.24, 2.45) is 0 Å². The van der Waals surface area contributed by atoms with Gasteiger partial charge in [-0.3, -0.25) is 0 Å². The normalized spacial score (nSPS) is 10.8. The lowest BCUT2D eigenvalue weighted by atomic mass is 10.0. The van der Waals surface area contributed by atoms with Crippen LogP contribution in [0.25, 0.3) is 6.08 Å². The fourth-order valence-electron chi connectivity index (χ4n) is 2.24. The van der Waals surface area contributed by atoms with Gasteiger partial charge in [-0.05, 0) is 35.4 Å². The van der Waals surface area contributed by atoms with Gasteiger partial charge in [0.05, 0.1) is 6.26 Å². The number of hydrogen-bond acceptors (Lipinski definition) is 3. The number of carbonyl (C=O) groups is 1. The van der Waals surface area contributed by atoms with E-state index in [0.29, 0.717) is 17.9 Å². The minimum Gasteiger partial charge on any atom is -0.465 e. The largest absolute Gasteiger partial charge is 0.465 e. The maximum atomic E-state index is 12.0. The lowest BCUT2D eigenvalue weighted by molar-refractivity contribution is -0.128. The maximum absolute atomic E-state index is 12.0. The third-order valence-corrected chi connectivity index (χ3v) is 3.35. The van der Waals surface area contributed by atoms with Crippen LogP contribution in [0.15, 0.2) is 83.5 Å². The number of benzene rings is 2. The highest BCUT2D eigenvalue weighted by Crippen LogP contribution is 2.21. The van der Waals surface area contributed by atoms with Gasteiger partial charge in [0.25, 0.3) is 0 Å². The van der Waals surface area contributed by atoms with Crippen molar-refractivity contribution in [2.75, 3.05) is 0 Å². The van der Waals surface area contributed by atoms with Crippen molar-refractivity contribution >= 4 is 12.0 Å². The van der Waals surface area contributed by atoms with Crippen molar-refractivity contribution in [2.45, 2.75) is 6.42 Å². The van der Waals surface area contributed by atoms with Crippen molar-refractivity contribution in [3.05, 3.63) is 96.0 Å². The Balaban J connectivity index is 1.71. The molecule has 1 aromatic heterocycles. The lowest BCUT2D eigenvalue weighted by Crippen LogP contribution is -2.06. The zero-order chi connectivity index (χ0) is 15.9. The SMILES string of the molecule is O=C(C=Cc1ccco1)Oc1ccccc1Cc1ccccc1. The number of rotatable bonds is 5. The molecule has 0 atom stereocenters. The summed E-state index contributed by atoms with van der Waals surface area (Å²) in [4.78, 5) is 12.0. The zero-order valence-electron chi connectivity index (χ0n) is 12.5. The minimum atomic E-state index is -0.429. The molecule has 0 aliphatic rings. The highest BCUT2D eigenvalue weighted by atomic mass is 16.5. The Labute approximate surface area is 134 Å². The monoisotopic (exact) mass is 304 g/mol. The van der Waals surface area contributed by atoms with Gasteiger partial charge in [0.15, 0.2) is 0 Å². The van der Waals surface area contributed by atoms with Crippen molar-refractivity contribution in [3.63, 3.8) is 0 Å². The number of para-hydroxylation sites is 1. The molecule has 1 heterocycles. The third kappa shape index (κ3) is 4.20. The maximum Gasteiger partial charge on any atom is 0.336 e. The van der Waals surface area contributed by atoms with Crippen LogP contribution in [-0.4, -0.2) is 5.97 Å². The van der Waals surface area contributed by atoms with Crippen LogP contribution in [0.2, 0.25) is 0 Å². The molecule has 0 saturated carbocycles. The summed E-state index contributed by atoms with van der Waals surface area (Å²) in [5.41, 5.74) is 2.14. The molecule has 3 aromatic rings. The van der Waals surface area contributed by atoms with Crippen LogP contribution >= 0.6 is 0 Å². The molecule has 0 unspecified atom stereocenters. The first-order valence-electron chi connectivity index (χ1n) is 7.36. The number of esters is 1. The summed E-state index contributed by atoms with van der Waals surface area (Å²) >= 11 is 0. The molecule has 23 heavy (non-hydrogen) atoms. The van der Waals surface area contributed by atoms with Gasteiger partial charge in [0, 0.05) is 12.5 Å². The van der Waals surface area contributed by atoms with E-state index in [0.717, 1.165) is 5.56 Å². The minimum absolute atomic E-state index is 0.429. The van der Waals surface area contributed by atoms with Crippen LogP contribution in [0.5, 0.6) is 5.75 Å². The van der Waals surface area contributed by atoms with Crippen molar-refractivity contribution < 1.29 is 13.9 Å². The van der Waals surface area contributed by atoms with Gasteiger partial charge in [-0.1, -0.05) is 48.5 Å². The molecular weight excluding hydrogens is 288 g/mol. The molecular formula is C20H16O3. The average Bonchev–Trinajstić information content (AvgIpc) is 3.09.